The van der Waals surface area contributed by atoms with Crippen LogP contribution in [0.1, 0.15) is 35.8 Å². The second kappa shape index (κ2) is 8.60. The van der Waals surface area contributed by atoms with Gasteiger partial charge < -0.3 is 20.1 Å². The Bertz CT molecular complexity index is 949. The van der Waals surface area contributed by atoms with Crippen molar-refractivity contribution in [2.24, 2.45) is 5.92 Å². The van der Waals surface area contributed by atoms with E-state index in [0.717, 1.165) is 0 Å². The van der Waals surface area contributed by atoms with Gasteiger partial charge in [0.25, 0.3) is 0 Å². The van der Waals surface area contributed by atoms with Gasteiger partial charge in [0.05, 0.1) is 24.3 Å². The molecule has 1 aliphatic heterocycles. The van der Waals surface area contributed by atoms with Crippen LogP contribution in [-0.4, -0.2) is 25.1 Å². The van der Waals surface area contributed by atoms with Crippen LogP contribution >= 0.6 is 0 Å². The summed E-state index contributed by atoms with van der Waals surface area (Å²) >= 11 is 0. The molecule has 2 aromatic carbocycles. The van der Waals surface area contributed by atoms with Crippen molar-refractivity contribution < 1.29 is 23.9 Å². The number of nitrogens with one attached hydrogen (secondary N) is 2. The van der Waals surface area contributed by atoms with Crippen LogP contribution in [0.3, 0.4) is 0 Å². The highest BCUT2D eigenvalue weighted by atomic mass is 16.5. The van der Waals surface area contributed by atoms with E-state index in [4.69, 9.17) is 9.47 Å². The molecule has 1 unspecified atom stereocenters. The summed E-state index contributed by atoms with van der Waals surface area (Å²) in [5.74, 6) is -0.712. The van der Waals surface area contributed by atoms with E-state index in [-0.39, 0.29) is 5.92 Å². The van der Waals surface area contributed by atoms with E-state index in [2.05, 4.69) is 10.6 Å². The number of carbonyl (C=O) groups is 3. The lowest BCUT2D eigenvalue weighted by molar-refractivity contribution is -0.136. The number of ether oxygens (including phenoxy) is 2. The Morgan fingerprint density at radius 3 is 2.21 bits per heavy atom. The molecule has 0 saturated heterocycles. The topological polar surface area (TPSA) is 93.7 Å². The number of allylic oxidation sites excluding steroid dienone is 1. The summed E-state index contributed by atoms with van der Waals surface area (Å²) in [6.45, 7) is 3.76. The zero-order chi connectivity index (χ0) is 21.0. The second-order valence-electron chi connectivity index (χ2n) is 6.83. The lowest BCUT2D eigenvalue weighted by Crippen LogP contribution is -2.47. The predicted octanol–water partition coefficient (Wildman–Crippen LogP) is 3.34. The number of methoxy groups -OCH3 is 1. The Morgan fingerprint density at radius 2 is 1.62 bits per heavy atom. The van der Waals surface area contributed by atoms with Crippen molar-refractivity contribution in [2.75, 3.05) is 7.11 Å². The molecule has 2 aromatic rings. The number of hydrogen-bond acceptors (Lipinski definition) is 5. The third-order valence-electron chi connectivity index (χ3n) is 4.52. The Hall–Kier alpha value is -3.61. The summed E-state index contributed by atoms with van der Waals surface area (Å²) < 4.78 is 10.3. The van der Waals surface area contributed by atoms with Gasteiger partial charge in [0.1, 0.15) is 5.75 Å². The van der Waals surface area contributed by atoms with Gasteiger partial charge in [-0.25, -0.2) is 14.4 Å². The lowest BCUT2D eigenvalue weighted by atomic mass is 9.91. The van der Waals surface area contributed by atoms with Crippen LogP contribution in [0.15, 0.2) is 65.9 Å². The minimum Gasteiger partial charge on any atom is -0.466 e. The molecule has 7 nitrogen and oxygen atoms in total. The molecule has 0 saturated carbocycles. The van der Waals surface area contributed by atoms with E-state index in [0.29, 0.717) is 28.1 Å². The Morgan fingerprint density at radius 1 is 0.966 bits per heavy atom. The average Bonchev–Trinajstić information content (AvgIpc) is 2.73. The zero-order valence-electron chi connectivity index (χ0n) is 16.4. The maximum Gasteiger partial charge on any atom is 0.343 e. The van der Waals surface area contributed by atoms with Gasteiger partial charge in [-0.05, 0) is 35.7 Å². The quantitative estimate of drug-likeness (QED) is 0.599. The molecule has 2 N–H and O–H groups in total. The van der Waals surface area contributed by atoms with Crippen LogP contribution in [0.4, 0.5) is 4.79 Å². The molecule has 0 bridgehead atoms. The molecule has 1 aliphatic rings. The summed E-state index contributed by atoms with van der Waals surface area (Å²) in [6.07, 6.45) is 0. The van der Waals surface area contributed by atoms with Crippen molar-refractivity contribution in [1.82, 2.24) is 10.6 Å². The van der Waals surface area contributed by atoms with Crippen molar-refractivity contribution in [3.63, 3.8) is 0 Å². The van der Waals surface area contributed by atoms with Crippen LogP contribution in [-0.2, 0) is 9.53 Å². The number of hydrogen-bond donors (Lipinski definition) is 2. The zero-order valence-corrected chi connectivity index (χ0v) is 16.4. The molecule has 150 valence electrons. The average molecular weight is 394 g/mol. The summed E-state index contributed by atoms with van der Waals surface area (Å²) in [5, 5.41) is 5.45. The van der Waals surface area contributed by atoms with Crippen LogP contribution in [0.2, 0.25) is 0 Å². The van der Waals surface area contributed by atoms with Gasteiger partial charge in [-0.3, -0.25) is 0 Å². The van der Waals surface area contributed by atoms with Gasteiger partial charge >= 0.3 is 18.0 Å². The highest BCUT2D eigenvalue weighted by Gasteiger charge is 2.34. The minimum atomic E-state index is -0.674. The highest BCUT2D eigenvalue weighted by Crippen LogP contribution is 2.31. The fraction of sp³-hybridized carbons (Fsp3) is 0.227. The van der Waals surface area contributed by atoms with E-state index < -0.39 is 24.0 Å². The third-order valence-corrected chi connectivity index (χ3v) is 4.52. The van der Waals surface area contributed by atoms with Crippen LogP contribution in [0, 0.1) is 5.92 Å². The second-order valence-corrected chi connectivity index (χ2v) is 6.83. The summed E-state index contributed by atoms with van der Waals surface area (Å²) in [6, 6.07) is 14.2. The molecule has 29 heavy (non-hydrogen) atoms. The molecule has 3 rings (SSSR count). The fourth-order valence-electron chi connectivity index (χ4n) is 3.10. The van der Waals surface area contributed by atoms with Gasteiger partial charge in [-0.15, -0.1) is 0 Å². The van der Waals surface area contributed by atoms with E-state index in [1.807, 2.05) is 19.9 Å². The number of rotatable bonds is 5. The number of benzene rings is 2. The lowest BCUT2D eigenvalue weighted by Gasteiger charge is -2.30. The molecule has 0 aliphatic carbocycles. The maximum absolute atomic E-state index is 12.4. The molecule has 0 spiro atoms. The first-order chi connectivity index (χ1) is 13.9. The molecule has 1 atom stereocenters. The molecule has 0 radical (unpaired) electrons. The maximum atomic E-state index is 12.4. The normalized spacial score (nSPS) is 16.1. The van der Waals surface area contributed by atoms with Crippen LogP contribution in [0.5, 0.6) is 5.75 Å². The first kappa shape index (κ1) is 20.1. The van der Waals surface area contributed by atoms with Gasteiger partial charge in [0.2, 0.25) is 0 Å². The van der Waals surface area contributed by atoms with E-state index >= 15 is 0 Å². The Kier molecular flexibility index (Phi) is 5.97. The molecule has 7 heteroatoms. The highest BCUT2D eigenvalue weighted by molar-refractivity contribution is 5.95. The SMILES string of the molecule is COC(=O)C1=C(C(C)C)NC(=O)NC1c1ccc(OC(=O)c2ccccc2)cc1. The predicted molar refractivity (Wildman–Crippen MR) is 106 cm³/mol. The monoisotopic (exact) mass is 394 g/mol. The van der Waals surface area contributed by atoms with Crippen LogP contribution in [0.25, 0.3) is 0 Å². The first-order valence-corrected chi connectivity index (χ1v) is 9.17. The fourth-order valence-corrected chi connectivity index (χ4v) is 3.10. The first-order valence-electron chi connectivity index (χ1n) is 9.17. The third kappa shape index (κ3) is 4.45. The van der Waals surface area contributed by atoms with Crippen LogP contribution < -0.4 is 15.4 Å². The minimum absolute atomic E-state index is 0.0799. The number of carbonyl (C=O) groups excluding carboxylic acids is 3. The Labute approximate surface area is 168 Å². The van der Waals surface area contributed by atoms with Gasteiger partial charge in [-0.1, -0.05) is 44.2 Å². The molecular formula is C22H22N2O5. The molecule has 0 fully saturated rings. The number of amides is 2. The van der Waals surface area contributed by atoms with Crippen molar-refractivity contribution in [1.29, 1.82) is 0 Å². The molecule has 0 aromatic heterocycles. The van der Waals surface area contributed by atoms with E-state index in [1.165, 1.54) is 7.11 Å². The van der Waals surface area contributed by atoms with Crippen molar-refractivity contribution in [2.45, 2.75) is 19.9 Å². The van der Waals surface area contributed by atoms with Crippen molar-refractivity contribution in [3.8, 4) is 5.75 Å². The molecule has 1 heterocycles. The standard InChI is InChI=1S/C22H22N2O5/c1-13(2)18-17(21(26)28-3)19(24-22(27)23-18)14-9-11-16(12-10-14)29-20(25)15-7-5-4-6-8-15/h4-13,19H,1-3H3,(H2,23,24,27). The Balaban J connectivity index is 1.87. The van der Waals surface area contributed by atoms with Gasteiger partial charge in [0.15, 0.2) is 0 Å². The summed E-state index contributed by atoms with van der Waals surface area (Å²) in [7, 11) is 1.30. The summed E-state index contributed by atoms with van der Waals surface area (Å²) in [4.78, 5) is 36.7. The number of esters is 2. The van der Waals surface area contributed by atoms with Crippen molar-refractivity contribution >= 4 is 18.0 Å². The summed E-state index contributed by atoms with van der Waals surface area (Å²) in [5.41, 5.74) is 1.97. The number of urea groups is 1. The van der Waals surface area contributed by atoms with E-state index in [9.17, 15) is 14.4 Å². The smallest absolute Gasteiger partial charge is 0.343 e. The largest absolute Gasteiger partial charge is 0.466 e. The van der Waals surface area contributed by atoms with E-state index in [1.54, 1.807) is 48.5 Å². The van der Waals surface area contributed by atoms with Crippen molar-refractivity contribution in [3.05, 3.63) is 77.0 Å². The molecule has 2 amide bonds. The van der Waals surface area contributed by atoms with Gasteiger partial charge in [0, 0.05) is 5.70 Å². The van der Waals surface area contributed by atoms with Gasteiger partial charge in [-0.2, -0.15) is 0 Å². The molecular weight excluding hydrogens is 372 g/mol.